The van der Waals surface area contributed by atoms with Gasteiger partial charge in [0.2, 0.25) is 0 Å². The van der Waals surface area contributed by atoms with E-state index in [4.69, 9.17) is 0 Å². The highest BCUT2D eigenvalue weighted by molar-refractivity contribution is 5.26. The second-order valence-electron chi connectivity index (χ2n) is 5.24. The second kappa shape index (κ2) is 7.31. The van der Waals surface area contributed by atoms with Crippen LogP contribution in [0.5, 0.6) is 0 Å². The topological polar surface area (TPSA) is 42.7 Å². The van der Waals surface area contributed by atoms with E-state index in [0.717, 1.165) is 30.9 Å². The van der Waals surface area contributed by atoms with Crippen LogP contribution in [0.1, 0.15) is 43.3 Å². The van der Waals surface area contributed by atoms with Gasteiger partial charge in [0.15, 0.2) is 0 Å². The molecule has 0 bridgehead atoms. The van der Waals surface area contributed by atoms with Crippen molar-refractivity contribution in [1.82, 2.24) is 20.1 Å². The SMILES string of the molecule is CCCn1ncnc1CC(NCC)c1ccc(C)cc1F. The molecule has 2 rings (SSSR count). The lowest BCUT2D eigenvalue weighted by molar-refractivity contribution is 0.478. The molecule has 4 nitrogen and oxygen atoms in total. The van der Waals surface area contributed by atoms with E-state index in [1.165, 1.54) is 0 Å². The fraction of sp³-hybridized carbons (Fsp3) is 0.500. The minimum absolute atomic E-state index is 0.0876. The number of nitrogens with zero attached hydrogens (tertiary/aromatic N) is 3. The van der Waals surface area contributed by atoms with Crippen LogP contribution in [-0.2, 0) is 13.0 Å². The highest BCUT2D eigenvalue weighted by Gasteiger charge is 2.18. The van der Waals surface area contributed by atoms with Gasteiger partial charge < -0.3 is 5.32 Å². The molecule has 0 amide bonds. The van der Waals surface area contributed by atoms with Crippen LogP contribution >= 0.6 is 0 Å². The minimum Gasteiger partial charge on any atom is -0.310 e. The zero-order valence-corrected chi connectivity index (χ0v) is 12.9. The third-order valence-corrected chi connectivity index (χ3v) is 3.50. The molecule has 0 saturated heterocycles. The molecule has 2 aromatic rings. The van der Waals surface area contributed by atoms with Gasteiger partial charge in [-0.1, -0.05) is 26.0 Å². The summed E-state index contributed by atoms with van der Waals surface area (Å²) in [6.45, 7) is 7.64. The summed E-state index contributed by atoms with van der Waals surface area (Å²) in [5, 5.41) is 7.58. The summed E-state index contributed by atoms with van der Waals surface area (Å²) in [5.41, 5.74) is 1.62. The van der Waals surface area contributed by atoms with E-state index in [1.807, 2.05) is 30.7 Å². The average molecular weight is 290 g/mol. The molecule has 1 aromatic heterocycles. The summed E-state index contributed by atoms with van der Waals surface area (Å²) < 4.78 is 16.1. The predicted molar refractivity (Wildman–Crippen MR) is 81.6 cm³/mol. The van der Waals surface area contributed by atoms with Crippen molar-refractivity contribution in [1.29, 1.82) is 0 Å². The van der Waals surface area contributed by atoms with Gasteiger partial charge in [-0.05, 0) is 31.5 Å². The fourth-order valence-corrected chi connectivity index (χ4v) is 2.48. The quantitative estimate of drug-likeness (QED) is 0.852. The van der Waals surface area contributed by atoms with Crippen LogP contribution in [0.2, 0.25) is 0 Å². The molecule has 0 saturated carbocycles. The van der Waals surface area contributed by atoms with E-state index in [0.29, 0.717) is 12.0 Å². The molecular formula is C16H23FN4. The first-order valence-corrected chi connectivity index (χ1v) is 7.51. The summed E-state index contributed by atoms with van der Waals surface area (Å²) in [4.78, 5) is 4.32. The van der Waals surface area contributed by atoms with Gasteiger partial charge in [0, 0.05) is 24.6 Å². The Labute approximate surface area is 125 Å². The van der Waals surface area contributed by atoms with Gasteiger partial charge in [0.1, 0.15) is 18.0 Å². The highest BCUT2D eigenvalue weighted by atomic mass is 19.1. The maximum atomic E-state index is 14.2. The standard InChI is InChI=1S/C16H23FN4/c1-4-8-21-16(19-11-20-21)10-15(18-5-2)13-7-6-12(3)9-14(13)17/h6-7,9,11,15,18H,4-5,8,10H2,1-3H3. The van der Waals surface area contributed by atoms with Gasteiger partial charge in [-0.25, -0.2) is 9.37 Å². The zero-order valence-electron chi connectivity index (χ0n) is 12.9. The van der Waals surface area contributed by atoms with E-state index >= 15 is 0 Å². The Morgan fingerprint density at radius 2 is 2.14 bits per heavy atom. The molecule has 1 aromatic carbocycles. The third kappa shape index (κ3) is 3.88. The number of nitrogens with one attached hydrogen (secondary N) is 1. The van der Waals surface area contributed by atoms with E-state index in [1.54, 1.807) is 12.4 Å². The lowest BCUT2D eigenvalue weighted by Gasteiger charge is -2.19. The smallest absolute Gasteiger partial charge is 0.138 e. The van der Waals surface area contributed by atoms with Crippen LogP contribution in [-0.4, -0.2) is 21.3 Å². The van der Waals surface area contributed by atoms with E-state index in [2.05, 4.69) is 22.3 Å². The molecule has 1 unspecified atom stereocenters. The number of aryl methyl sites for hydroxylation is 2. The zero-order chi connectivity index (χ0) is 15.2. The summed E-state index contributed by atoms with van der Waals surface area (Å²) in [6.07, 6.45) is 3.20. The Hall–Kier alpha value is -1.75. The van der Waals surface area contributed by atoms with Crippen LogP contribution in [0.15, 0.2) is 24.5 Å². The van der Waals surface area contributed by atoms with Crippen LogP contribution in [0.25, 0.3) is 0 Å². The Morgan fingerprint density at radius 1 is 1.33 bits per heavy atom. The molecule has 0 aliphatic carbocycles. The first kappa shape index (κ1) is 15.6. The number of rotatable bonds is 7. The Bertz CT molecular complexity index is 579. The number of aromatic nitrogens is 3. The number of hydrogen-bond donors (Lipinski definition) is 1. The normalized spacial score (nSPS) is 12.6. The van der Waals surface area contributed by atoms with Gasteiger partial charge in [0.05, 0.1) is 0 Å². The first-order valence-electron chi connectivity index (χ1n) is 7.51. The number of likely N-dealkylation sites (N-methyl/N-ethyl adjacent to an activating group) is 1. The summed E-state index contributed by atoms with van der Waals surface area (Å²) >= 11 is 0. The largest absolute Gasteiger partial charge is 0.310 e. The lowest BCUT2D eigenvalue weighted by atomic mass is 10.0. The Balaban J connectivity index is 2.24. The maximum absolute atomic E-state index is 14.2. The first-order chi connectivity index (χ1) is 10.2. The third-order valence-electron chi connectivity index (χ3n) is 3.50. The molecule has 0 fully saturated rings. The van der Waals surface area contributed by atoms with Crippen LogP contribution in [0.4, 0.5) is 4.39 Å². The van der Waals surface area contributed by atoms with Crippen LogP contribution < -0.4 is 5.32 Å². The molecule has 5 heteroatoms. The van der Waals surface area contributed by atoms with Gasteiger partial charge in [-0.3, -0.25) is 4.68 Å². The fourth-order valence-electron chi connectivity index (χ4n) is 2.48. The monoisotopic (exact) mass is 290 g/mol. The predicted octanol–water partition coefficient (Wildman–Crippen LogP) is 3.03. The molecule has 0 aliphatic heterocycles. The molecule has 1 N–H and O–H groups in total. The van der Waals surface area contributed by atoms with Gasteiger partial charge in [0.25, 0.3) is 0 Å². The van der Waals surface area contributed by atoms with Crippen molar-refractivity contribution in [2.24, 2.45) is 0 Å². The summed E-state index contributed by atoms with van der Waals surface area (Å²) in [5.74, 6) is 0.727. The maximum Gasteiger partial charge on any atom is 0.138 e. The molecule has 1 heterocycles. The molecule has 1 atom stereocenters. The van der Waals surface area contributed by atoms with Crippen molar-refractivity contribution < 1.29 is 4.39 Å². The summed E-state index contributed by atoms with van der Waals surface area (Å²) in [7, 11) is 0. The second-order valence-corrected chi connectivity index (χ2v) is 5.24. The Morgan fingerprint density at radius 3 is 2.81 bits per heavy atom. The van der Waals surface area contributed by atoms with Crippen molar-refractivity contribution in [2.45, 2.75) is 46.2 Å². The number of hydrogen-bond acceptors (Lipinski definition) is 3. The van der Waals surface area contributed by atoms with Gasteiger partial charge in [-0.15, -0.1) is 0 Å². The Kier molecular flexibility index (Phi) is 5.44. The van der Waals surface area contributed by atoms with E-state index in [9.17, 15) is 4.39 Å². The van der Waals surface area contributed by atoms with Crippen molar-refractivity contribution in [3.8, 4) is 0 Å². The average Bonchev–Trinajstić information content (AvgIpc) is 2.86. The molecule has 114 valence electrons. The van der Waals surface area contributed by atoms with Crippen molar-refractivity contribution in [3.05, 3.63) is 47.3 Å². The van der Waals surface area contributed by atoms with Crippen LogP contribution in [0.3, 0.4) is 0 Å². The molecular weight excluding hydrogens is 267 g/mol. The van der Waals surface area contributed by atoms with E-state index < -0.39 is 0 Å². The lowest BCUT2D eigenvalue weighted by Crippen LogP contribution is -2.25. The van der Waals surface area contributed by atoms with Gasteiger partial charge >= 0.3 is 0 Å². The van der Waals surface area contributed by atoms with Crippen LogP contribution in [0, 0.1) is 12.7 Å². The van der Waals surface area contributed by atoms with Gasteiger partial charge in [-0.2, -0.15) is 5.10 Å². The highest BCUT2D eigenvalue weighted by Crippen LogP contribution is 2.21. The van der Waals surface area contributed by atoms with Crippen molar-refractivity contribution >= 4 is 0 Å². The molecule has 0 radical (unpaired) electrons. The van der Waals surface area contributed by atoms with Crippen molar-refractivity contribution in [2.75, 3.05) is 6.54 Å². The molecule has 0 aliphatic rings. The molecule has 0 spiro atoms. The summed E-state index contributed by atoms with van der Waals surface area (Å²) in [6, 6.07) is 5.30. The van der Waals surface area contributed by atoms with E-state index in [-0.39, 0.29) is 11.9 Å². The van der Waals surface area contributed by atoms with Crippen molar-refractivity contribution in [3.63, 3.8) is 0 Å². The number of halogens is 1. The molecule has 21 heavy (non-hydrogen) atoms. The minimum atomic E-state index is -0.164. The number of benzene rings is 1.